The van der Waals surface area contributed by atoms with E-state index in [2.05, 4.69) is 10.6 Å². The van der Waals surface area contributed by atoms with Gasteiger partial charge in [-0.05, 0) is 25.1 Å². The molecule has 20 heavy (non-hydrogen) atoms. The number of carbonyl (C=O) groups is 1. The topological polar surface area (TPSA) is 50.4 Å². The van der Waals surface area contributed by atoms with E-state index >= 15 is 0 Å². The van der Waals surface area contributed by atoms with E-state index < -0.39 is 17.6 Å². The number of anilines is 1. The molecular formula is C14H18F2N2O2. The molecule has 0 radical (unpaired) electrons. The SMILES string of the molecule is CCNC1COCC1C(=O)Nc1cc(F)c(C)cc1F. The first kappa shape index (κ1) is 14.9. The molecular weight excluding hydrogens is 266 g/mol. The highest BCUT2D eigenvalue weighted by molar-refractivity contribution is 5.93. The van der Waals surface area contributed by atoms with Crippen molar-refractivity contribution >= 4 is 11.6 Å². The van der Waals surface area contributed by atoms with Crippen LogP contribution in [-0.4, -0.2) is 31.7 Å². The lowest BCUT2D eigenvalue weighted by Gasteiger charge is -2.18. The van der Waals surface area contributed by atoms with Gasteiger partial charge in [0.25, 0.3) is 0 Å². The van der Waals surface area contributed by atoms with Crippen molar-refractivity contribution in [2.24, 2.45) is 5.92 Å². The Morgan fingerprint density at radius 2 is 2.10 bits per heavy atom. The number of rotatable bonds is 4. The number of hydrogen-bond acceptors (Lipinski definition) is 3. The van der Waals surface area contributed by atoms with E-state index in [4.69, 9.17) is 4.74 Å². The molecule has 2 N–H and O–H groups in total. The van der Waals surface area contributed by atoms with Gasteiger partial charge in [-0.2, -0.15) is 0 Å². The maximum Gasteiger partial charge on any atom is 0.231 e. The fraction of sp³-hybridized carbons (Fsp3) is 0.500. The summed E-state index contributed by atoms with van der Waals surface area (Å²) in [6, 6.07) is 1.97. The Hall–Kier alpha value is -1.53. The zero-order valence-electron chi connectivity index (χ0n) is 11.5. The smallest absolute Gasteiger partial charge is 0.231 e. The van der Waals surface area contributed by atoms with Gasteiger partial charge in [0.1, 0.15) is 11.6 Å². The second kappa shape index (κ2) is 6.28. The molecule has 1 aromatic rings. The van der Waals surface area contributed by atoms with Crippen LogP contribution in [0.1, 0.15) is 12.5 Å². The summed E-state index contributed by atoms with van der Waals surface area (Å²) in [7, 11) is 0. The van der Waals surface area contributed by atoms with Crippen LogP contribution in [0.4, 0.5) is 14.5 Å². The predicted octanol–water partition coefficient (Wildman–Crippen LogP) is 1.84. The molecule has 1 fully saturated rings. The first-order valence-corrected chi connectivity index (χ1v) is 6.60. The quantitative estimate of drug-likeness (QED) is 0.887. The molecule has 1 heterocycles. The van der Waals surface area contributed by atoms with Crippen LogP contribution in [0.15, 0.2) is 12.1 Å². The molecule has 110 valence electrons. The fourth-order valence-electron chi connectivity index (χ4n) is 2.24. The molecule has 0 spiro atoms. The van der Waals surface area contributed by atoms with Gasteiger partial charge in [0.05, 0.1) is 24.8 Å². The minimum absolute atomic E-state index is 0.0987. The lowest BCUT2D eigenvalue weighted by Crippen LogP contribution is -2.41. The van der Waals surface area contributed by atoms with Crippen molar-refractivity contribution in [1.29, 1.82) is 0 Å². The van der Waals surface area contributed by atoms with Gasteiger partial charge in [0.2, 0.25) is 5.91 Å². The molecule has 2 rings (SSSR count). The third-order valence-electron chi connectivity index (χ3n) is 3.39. The fourth-order valence-corrected chi connectivity index (χ4v) is 2.24. The number of aryl methyl sites for hydroxylation is 1. The van der Waals surface area contributed by atoms with Gasteiger partial charge >= 0.3 is 0 Å². The van der Waals surface area contributed by atoms with Crippen molar-refractivity contribution in [2.75, 3.05) is 25.1 Å². The van der Waals surface area contributed by atoms with Crippen LogP contribution in [0, 0.1) is 24.5 Å². The normalized spacial score (nSPS) is 22.0. The standard InChI is InChI=1S/C14H18F2N2O2/c1-3-17-13-7-20-6-9(13)14(19)18-12-5-10(15)8(2)4-11(12)16/h4-5,9,13,17H,3,6-7H2,1-2H3,(H,18,19). The van der Waals surface area contributed by atoms with Crippen LogP contribution in [0.5, 0.6) is 0 Å². The molecule has 2 atom stereocenters. The highest BCUT2D eigenvalue weighted by Crippen LogP contribution is 2.21. The average Bonchev–Trinajstić information content (AvgIpc) is 2.84. The Kier molecular flexibility index (Phi) is 4.67. The maximum atomic E-state index is 13.7. The van der Waals surface area contributed by atoms with Crippen molar-refractivity contribution in [3.8, 4) is 0 Å². The number of carbonyl (C=O) groups excluding carboxylic acids is 1. The molecule has 6 heteroatoms. The molecule has 0 aliphatic carbocycles. The summed E-state index contributed by atoms with van der Waals surface area (Å²) in [6.07, 6.45) is 0. The summed E-state index contributed by atoms with van der Waals surface area (Å²) in [5, 5.41) is 5.58. The molecule has 1 saturated heterocycles. The Bertz CT molecular complexity index is 508. The number of hydrogen-bond donors (Lipinski definition) is 2. The number of benzene rings is 1. The molecule has 1 aromatic carbocycles. The average molecular weight is 284 g/mol. The van der Waals surface area contributed by atoms with Crippen LogP contribution in [-0.2, 0) is 9.53 Å². The van der Waals surface area contributed by atoms with E-state index in [1.54, 1.807) is 0 Å². The van der Waals surface area contributed by atoms with E-state index in [-0.39, 0.29) is 29.8 Å². The molecule has 0 aromatic heterocycles. The lowest BCUT2D eigenvalue weighted by molar-refractivity contribution is -0.120. The molecule has 0 saturated carbocycles. The zero-order valence-corrected chi connectivity index (χ0v) is 11.5. The Morgan fingerprint density at radius 1 is 1.35 bits per heavy atom. The van der Waals surface area contributed by atoms with Crippen LogP contribution in [0.3, 0.4) is 0 Å². The largest absolute Gasteiger partial charge is 0.379 e. The van der Waals surface area contributed by atoms with Gasteiger partial charge in [0, 0.05) is 12.1 Å². The van der Waals surface area contributed by atoms with E-state index in [1.807, 2.05) is 6.92 Å². The molecule has 1 aliphatic heterocycles. The van der Waals surface area contributed by atoms with Crippen LogP contribution in [0.25, 0.3) is 0 Å². The van der Waals surface area contributed by atoms with E-state index in [9.17, 15) is 13.6 Å². The summed E-state index contributed by atoms with van der Waals surface area (Å²) in [6.45, 7) is 4.83. The third-order valence-corrected chi connectivity index (χ3v) is 3.39. The van der Waals surface area contributed by atoms with E-state index in [0.29, 0.717) is 13.2 Å². The van der Waals surface area contributed by atoms with E-state index in [0.717, 1.165) is 12.1 Å². The van der Waals surface area contributed by atoms with Crippen LogP contribution in [0.2, 0.25) is 0 Å². The highest BCUT2D eigenvalue weighted by atomic mass is 19.1. The molecule has 1 amide bonds. The molecule has 2 unspecified atom stereocenters. The number of nitrogens with one attached hydrogen (secondary N) is 2. The molecule has 1 aliphatic rings. The highest BCUT2D eigenvalue weighted by Gasteiger charge is 2.33. The van der Waals surface area contributed by atoms with Gasteiger partial charge in [-0.15, -0.1) is 0 Å². The number of likely N-dealkylation sites (N-methyl/N-ethyl adjacent to an activating group) is 1. The maximum absolute atomic E-state index is 13.7. The zero-order chi connectivity index (χ0) is 14.7. The lowest BCUT2D eigenvalue weighted by atomic mass is 10.0. The summed E-state index contributed by atoms with van der Waals surface area (Å²) in [4.78, 5) is 12.1. The second-order valence-corrected chi connectivity index (χ2v) is 4.88. The van der Waals surface area contributed by atoms with Gasteiger partial charge in [0.15, 0.2) is 0 Å². The monoisotopic (exact) mass is 284 g/mol. The van der Waals surface area contributed by atoms with Crippen LogP contribution >= 0.6 is 0 Å². The van der Waals surface area contributed by atoms with E-state index in [1.165, 1.54) is 6.92 Å². The van der Waals surface area contributed by atoms with Gasteiger partial charge < -0.3 is 15.4 Å². The minimum Gasteiger partial charge on any atom is -0.379 e. The van der Waals surface area contributed by atoms with Gasteiger partial charge in [-0.1, -0.05) is 6.92 Å². The Morgan fingerprint density at radius 3 is 2.80 bits per heavy atom. The number of amides is 1. The van der Waals surface area contributed by atoms with Crippen molar-refractivity contribution in [2.45, 2.75) is 19.9 Å². The summed E-state index contributed by atoms with van der Waals surface area (Å²) in [5.41, 5.74) is 0.0653. The predicted molar refractivity (Wildman–Crippen MR) is 71.5 cm³/mol. The first-order chi connectivity index (χ1) is 9.52. The molecule has 4 nitrogen and oxygen atoms in total. The summed E-state index contributed by atoms with van der Waals surface area (Å²) >= 11 is 0. The van der Waals surface area contributed by atoms with Crippen LogP contribution < -0.4 is 10.6 Å². The van der Waals surface area contributed by atoms with Crippen molar-refractivity contribution in [3.63, 3.8) is 0 Å². The van der Waals surface area contributed by atoms with Crippen molar-refractivity contribution in [3.05, 3.63) is 29.3 Å². The van der Waals surface area contributed by atoms with Gasteiger partial charge in [-0.25, -0.2) is 8.78 Å². The Labute approximate surface area is 116 Å². The van der Waals surface area contributed by atoms with Crippen molar-refractivity contribution in [1.82, 2.24) is 5.32 Å². The summed E-state index contributed by atoms with van der Waals surface area (Å²) in [5.74, 6) is -1.96. The van der Waals surface area contributed by atoms with Gasteiger partial charge in [-0.3, -0.25) is 4.79 Å². The minimum atomic E-state index is -0.642. The second-order valence-electron chi connectivity index (χ2n) is 4.88. The summed E-state index contributed by atoms with van der Waals surface area (Å²) < 4.78 is 32.4. The molecule has 0 bridgehead atoms. The Balaban J connectivity index is 2.09. The first-order valence-electron chi connectivity index (χ1n) is 6.60. The number of halogens is 2. The number of ether oxygens (including phenoxy) is 1. The third kappa shape index (κ3) is 3.13. The van der Waals surface area contributed by atoms with Crippen molar-refractivity contribution < 1.29 is 18.3 Å².